The van der Waals surface area contributed by atoms with Gasteiger partial charge in [-0.1, -0.05) is 0 Å². The molecular formula is C11H13Br2N3S. The van der Waals surface area contributed by atoms with Crippen molar-refractivity contribution in [3.8, 4) is 0 Å². The van der Waals surface area contributed by atoms with Crippen molar-refractivity contribution in [2.45, 2.75) is 19.4 Å². The van der Waals surface area contributed by atoms with E-state index in [1.54, 1.807) is 11.3 Å². The topological polar surface area (TPSA) is 43.8 Å². The van der Waals surface area contributed by atoms with Gasteiger partial charge in [0.25, 0.3) is 0 Å². The number of aromatic nitrogens is 2. The van der Waals surface area contributed by atoms with Gasteiger partial charge < -0.3 is 5.73 Å². The van der Waals surface area contributed by atoms with Crippen molar-refractivity contribution < 1.29 is 0 Å². The molecule has 0 saturated carbocycles. The molecule has 3 nitrogen and oxygen atoms in total. The molecule has 0 saturated heterocycles. The molecule has 0 aliphatic heterocycles. The predicted octanol–water partition coefficient (Wildman–Crippen LogP) is 3.56. The zero-order valence-corrected chi connectivity index (χ0v) is 13.6. The molecule has 17 heavy (non-hydrogen) atoms. The van der Waals surface area contributed by atoms with Crippen molar-refractivity contribution in [3.63, 3.8) is 0 Å². The summed E-state index contributed by atoms with van der Waals surface area (Å²) in [5.41, 5.74) is 8.37. The molecule has 0 aliphatic carbocycles. The van der Waals surface area contributed by atoms with Gasteiger partial charge in [0.05, 0.1) is 15.9 Å². The number of rotatable bonds is 3. The van der Waals surface area contributed by atoms with Gasteiger partial charge in [0.2, 0.25) is 0 Å². The second kappa shape index (κ2) is 5.22. The number of aryl methyl sites for hydroxylation is 2. The predicted molar refractivity (Wildman–Crippen MR) is 78.3 cm³/mol. The Morgan fingerprint density at radius 3 is 2.71 bits per heavy atom. The van der Waals surface area contributed by atoms with Crippen LogP contribution in [-0.4, -0.2) is 9.78 Å². The molecule has 0 spiro atoms. The minimum Gasteiger partial charge on any atom is -0.323 e. The van der Waals surface area contributed by atoms with E-state index in [0.717, 1.165) is 26.8 Å². The van der Waals surface area contributed by atoms with Crippen LogP contribution in [0.5, 0.6) is 0 Å². The van der Waals surface area contributed by atoms with Crippen molar-refractivity contribution in [2.24, 2.45) is 12.8 Å². The minimum atomic E-state index is -0.00419. The Kier molecular flexibility index (Phi) is 4.07. The van der Waals surface area contributed by atoms with Gasteiger partial charge in [-0.15, -0.1) is 11.3 Å². The fourth-order valence-corrected chi connectivity index (χ4v) is 3.94. The Bertz CT molecular complexity index is 533. The van der Waals surface area contributed by atoms with Crippen LogP contribution in [0.25, 0.3) is 0 Å². The average molecular weight is 379 g/mol. The molecule has 0 radical (unpaired) electrons. The maximum Gasteiger partial charge on any atom is 0.0738 e. The van der Waals surface area contributed by atoms with Crippen molar-refractivity contribution in [1.82, 2.24) is 9.78 Å². The number of nitrogens with two attached hydrogens (primary N) is 1. The van der Waals surface area contributed by atoms with Gasteiger partial charge in [-0.05, 0) is 50.2 Å². The Hall–Kier alpha value is -0.170. The summed E-state index contributed by atoms with van der Waals surface area (Å²) in [5, 5.41) is 6.42. The Morgan fingerprint density at radius 2 is 2.24 bits per heavy atom. The maximum absolute atomic E-state index is 6.24. The lowest BCUT2D eigenvalue weighted by atomic mass is 10.1. The fraction of sp³-hybridized carbons (Fsp3) is 0.364. The number of hydrogen-bond acceptors (Lipinski definition) is 3. The van der Waals surface area contributed by atoms with Crippen LogP contribution < -0.4 is 5.73 Å². The van der Waals surface area contributed by atoms with E-state index in [1.165, 1.54) is 4.88 Å². The normalized spacial score (nSPS) is 13.0. The van der Waals surface area contributed by atoms with Gasteiger partial charge in [0.1, 0.15) is 0 Å². The molecule has 1 unspecified atom stereocenters. The van der Waals surface area contributed by atoms with Crippen LogP contribution in [0.4, 0.5) is 0 Å². The molecule has 0 fully saturated rings. The van der Waals surface area contributed by atoms with Crippen LogP contribution in [0.2, 0.25) is 0 Å². The van der Waals surface area contributed by atoms with Gasteiger partial charge in [-0.3, -0.25) is 4.68 Å². The summed E-state index contributed by atoms with van der Waals surface area (Å²) in [5.74, 6) is 0. The zero-order valence-electron chi connectivity index (χ0n) is 9.58. The fourth-order valence-electron chi connectivity index (χ4n) is 1.77. The van der Waals surface area contributed by atoms with Gasteiger partial charge in [0, 0.05) is 28.9 Å². The van der Waals surface area contributed by atoms with Crippen molar-refractivity contribution in [2.75, 3.05) is 0 Å². The van der Waals surface area contributed by atoms with Crippen LogP contribution >= 0.6 is 43.2 Å². The number of nitrogens with zero attached hydrogens (tertiary/aromatic N) is 2. The average Bonchev–Trinajstić information content (AvgIpc) is 2.78. The third kappa shape index (κ3) is 2.65. The monoisotopic (exact) mass is 377 g/mol. The first kappa shape index (κ1) is 13.3. The summed E-state index contributed by atoms with van der Waals surface area (Å²) in [6.45, 7) is 1.99. The quantitative estimate of drug-likeness (QED) is 0.887. The smallest absolute Gasteiger partial charge is 0.0738 e. The summed E-state index contributed by atoms with van der Waals surface area (Å²) in [7, 11) is 1.95. The highest BCUT2D eigenvalue weighted by Gasteiger charge is 2.17. The Balaban J connectivity index is 2.24. The van der Waals surface area contributed by atoms with E-state index in [2.05, 4.69) is 37.0 Å². The van der Waals surface area contributed by atoms with E-state index < -0.39 is 0 Å². The second-order valence-electron chi connectivity index (χ2n) is 3.91. The van der Waals surface area contributed by atoms with Crippen molar-refractivity contribution >= 4 is 43.2 Å². The number of hydrogen-bond donors (Lipinski definition) is 1. The lowest BCUT2D eigenvalue weighted by molar-refractivity contribution is 0.643. The molecule has 2 heterocycles. The van der Waals surface area contributed by atoms with Crippen LogP contribution in [0.15, 0.2) is 20.4 Å². The molecule has 2 aromatic heterocycles. The van der Waals surface area contributed by atoms with E-state index in [4.69, 9.17) is 5.73 Å². The third-order valence-corrected chi connectivity index (χ3v) is 5.69. The maximum atomic E-state index is 6.24. The summed E-state index contributed by atoms with van der Waals surface area (Å²) in [6.07, 6.45) is 0.775. The molecule has 6 heteroatoms. The molecular weight excluding hydrogens is 366 g/mol. The summed E-state index contributed by atoms with van der Waals surface area (Å²) in [4.78, 5) is 1.18. The zero-order chi connectivity index (χ0) is 12.6. The van der Waals surface area contributed by atoms with Gasteiger partial charge >= 0.3 is 0 Å². The van der Waals surface area contributed by atoms with E-state index in [9.17, 15) is 0 Å². The second-order valence-corrected chi connectivity index (χ2v) is 6.51. The molecule has 0 amide bonds. The molecule has 0 bridgehead atoms. The van der Waals surface area contributed by atoms with Crippen LogP contribution in [-0.2, 0) is 13.5 Å². The van der Waals surface area contributed by atoms with Crippen molar-refractivity contribution in [1.29, 1.82) is 0 Å². The highest BCUT2D eigenvalue weighted by atomic mass is 79.9. The van der Waals surface area contributed by atoms with Crippen LogP contribution in [0.1, 0.15) is 22.3 Å². The summed E-state index contributed by atoms with van der Waals surface area (Å²) < 4.78 is 4.04. The summed E-state index contributed by atoms with van der Waals surface area (Å²) in [6, 6.07) is 2.03. The Labute approximate surface area is 121 Å². The summed E-state index contributed by atoms with van der Waals surface area (Å²) >= 11 is 8.76. The highest BCUT2D eigenvalue weighted by molar-refractivity contribution is 9.10. The first-order valence-electron chi connectivity index (χ1n) is 5.17. The van der Waals surface area contributed by atoms with Crippen LogP contribution in [0.3, 0.4) is 0 Å². The lowest BCUT2D eigenvalue weighted by Gasteiger charge is -2.11. The first-order chi connectivity index (χ1) is 8.00. The third-order valence-electron chi connectivity index (χ3n) is 2.66. The number of thiophene rings is 1. The van der Waals surface area contributed by atoms with Gasteiger partial charge in [0.15, 0.2) is 0 Å². The van der Waals surface area contributed by atoms with Gasteiger partial charge in [-0.2, -0.15) is 5.10 Å². The molecule has 0 aromatic carbocycles. The standard InChI is InChI=1S/C11H13Br2N3S/c1-6-10(13)9(16(2)15-6)5-8(14)11-7(12)3-4-17-11/h3-4,8H,5,14H2,1-2H3. The molecule has 1 atom stereocenters. The van der Waals surface area contributed by atoms with E-state index >= 15 is 0 Å². The molecule has 2 aromatic rings. The SMILES string of the molecule is Cc1nn(C)c(CC(N)c2sccc2Br)c1Br. The molecule has 92 valence electrons. The molecule has 2 N–H and O–H groups in total. The number of halogens is 2. The van der Waals surface area contributed by atoms with E-state index in [0.29, 0.717) is 0 Å². The Morgan fingerprint density at radius 1 is 1.53 bits per heavy atom. The highest BCUT2D eigenvalue weighted by Crippen LogP contribution is 2.31. The minimum absolute atomic E-state index is 0.00419. The lowest BCUT2D eigenvalue weighted by Crippen LogP contribution is -2.14. The van der Waals surface area contributed by atoms with Crippen molar-refractivity contribution in [3.05, 3.63) is 36.7 Å². The van der Waals surface area contributed by atoms with Crippen LogP contribution in [0, 0.1) is 6.92 Å². The van der Waals surface area contributed by atoms with E-state index in [1.807, 2.05) is 30.1 Å². The molecule has 2 rings (SSSR count). The first-order valence-corrected chi connectivity index (χ1v) is 7.63. The largest absolute Gasteiger partial charge is 0.323 e. The molecule has 0 aliphatic rings. The van der Waals surface area contributed by atoms with E-state index in [-0.39, 0.29) is 6.04 Å². The van der Waals surface area contributed by atoms with Gasteiger partial charge in [-0.25, -0.2) is 0 Å².